The Labute approximate surface area is 189 Å². The molecule has 1 aromatic rings. The minimum atomic E-state index is -0.835. The molecule has 0 bridgehead atoms. The number of esters is 1. The molecule has 0 saturated carbocycles. The fourth-order valence-corrected chi connectivity index (χ4v) is 3.60. The number of ether oxygens (including phenoxy) is 2. The molecule has 1 aliphatic rings. The van der Waals surface area contributed by atoms with E-state index in [1.807, 2.05) is 20.8 Å². The van der Waals surface area contributed by atoms with Gasteiger partial charge in [0.2, 0.25) is 5.91 Å². The monoisotopic (exact) mass is 499 g/mol. The van der Waals surface area contributed by atoms with E-state index in [1.54, 1.807) is 23.1 Å². The highest BCUT2D eigenvalue weighted by atomic mass is 79.9. The van der Waals surface area contributed by atoms with Crippen molar-refractivity contribution in [3.8, 4) is 5.75 Å². The lowest BCUT2D eigenvalue weighted by Crippen LogP contribution is -2.60. The van der Waals surface area contributed by atoms with Crippen LogP contribution in [0, 0.1) is 5.92 Å². The Morgan fingerprint density at radius 3 is 2.77 bits per heavy atom. The van der Waals surface area contributed by atoms with E-state index in [0.29, 0.717) is 35.5 Å². The normalized spacial score (nSPS) is 16.1. The molecule has 1 heterocycles. The molecule has 2 N–H and O–H groups in total. The van der Waals surface area contributed by atoms with Crippen molar-refractivity contribution in [1.29, 1.82) is 0 Å². The average Bonchev–Trinajstić information content (AvgIpc) is 2.69. The molecule has 1 saturated heterocycles. The predicted octanol–water partition coefficient (Wildman–Crippen LogP) is 2.25. The lowest BCUT2D eigenvalue weighted by molar-refractivity contribution is -0.148. The number of halogens is 1. The number of carbonyl (C=O) groups excluding carboxylic acids is 3. The first-order valence-corrected chi connectivity index (χ1v) is 10.9. The van der Waals surface area contributed by atoms with Crippen LogP contribution in [0.4, 0.5) is 0 Å². The van der Waals surface area contributed by atoms with Gasteiger partial charge in [0.1, 0.15) is 11.8 Å². The summed E-state index contributed by atoms with van der Waals surface area (Å²) in [4.78, 5) is 38.6. The molecule has 8 nitrogen and oxygen atoms in total. The van der Waals surface area contributed by atoms with Crippen molar-refractivity contribution in [3.05, 3.63) is 28.2 Å². The summed E-state index contributed by atoms with van der Waals surface area (Å²) in [5.74, 6) is -0.414. The van der Waals surface area contributed by atoms with Crippen LogP contribution < -0.4 is 15.4 Å². The van der Waals surface area contributed by atoms with Crippen molar-refractivity contribution in [2.24, 2.45) is 5.92 Å². The number of hydrogen-bond acceptors (Lipinski definition) is 6. The minimum Gasteiger partial charge on any atom is -0.493 e. The maximum absolute atomic E-state index is 12.6. The molecule has 2 amide bonds. The van der Waals surface area contributed by atoms with Crippen LogP contribution in [-0.2, 0) is 14.3 Å². The second-order valence-corrected chi connectivity index (χ2v) is 8.36. The van der Waals surface area contributed by atoms with Gasteiger partial charge in [-0.2, -0.15) is 0 Å². The van der Waals surface area contributed by atoms with Gasteiger partial charge in [-0.15, -0.1) is 0 Å². The van der Waals surface area contributed by atoms with Gasteiger partial charge in [-0.1, -0.05) is 13.8 Å². The number of benzene rings is 1. The molecule has 1 fully saturated rings. The average molecular weight is 500 g/mol. The van der Waals surface area contributed by atoms with Crippen molar-refractivity contribution in [1.82, 2.24) is 15.5 Å². The third-order valence-electron chi connectivity index (χ3n) is 4.24. The Hall–Kier alpha value is -2.20. The van der Waals surface area contributed by atoms with Crippen LogP contribution >= 0.6 is 28.1 Å². The van der Waals surface area contributed by atoms with Gasteiger partial charge in [0.05, 0.1) is 24.1 Å². The molecule has 1 atom stereocenters. The van der Waals surface area contributed by atoms with Crippen LogP contribution in [0.25, 0.3) is 0 Å². The van der Waals surface area contributed by atoms with Gasteiger partial charge >= 0.3 is 5.97 Å². The van der Waals surface area contributed by atoms with Crippen molar-refractivity contribution < 1.29 is 23.9 Å². The predicted molar refractivity (Wildman–Crippen MR) is 119 cm³/mol. The fraction of sp³-hybridized carbons (Fsp3) is 0.500. The zero-order chi connectivity index (χ0) is 22.3. The smallest absolute Gasteiger partial charge is 0.308 e. The second-order valence-electron chi connectivity index (χ2n) is 7.12. The quantitative estimate of drug-likeness (QED) is 0.438. The minimum absolute atomic E-state index is 0.0847. The lowest BCUT2D eigenvalue weighted by Gasteiger charge is -2.36. The first-order chi connectivity index (χ1) is 14.2. The summed E-state index contributed by atoms with van der Waals surface area (Å²) in [5, 5.41) is 5.45. The molecule has 2 rings (SSSR count). The Morgan fingerprint density at radius 2 is 2.13 bits per heavy atom. The summed E-state index contributed by atoms with van der Waals surface area (Å²) in [6, 6.07) is 4.11. The lowest BCUT2D eigenvalue weighted by atomic mass is 10.1. The van der Waals surface area contributed by atoms with Crippen LogP contribution in [-0.4, -0.2) is 60.1 Å². The Kier molecular flexibility index (Phi) is 9.04. The van der Waals surface area contributed by atoms with Gasteiger partial charge in [-0.3, -0.25) is 19.7 Å². The van der Waals surface area contributed by atoms with E-state index >= 15 is 0 Å². The molecule has 30 heavy (non-hydrogen) atoms. The molecule has 1 aromatic carbocycles. The first kappa shape index (κ1) is 24.1. The van der Waals surface area contributed by atoms with Crippen LogP contribution in [0.3, 0.4) is 0 Å². The van der Waals surface area contributed by atoms with Gasteiger partial charge < -0.3 is 19.7 Å². The van der Waals surface area contributed by atoms with Gasteiger partial charge in [0, 0.05) is 18.7 Å². The molecule has 0 aromatic heterocycles. The largest absolute Gasteiger partial charge is 0.493 e. The number of amides is 2. The van der Waals surface area contributed by atoms with Crippen molar-refractivity contribution in [2.75, 3.05) is 26.3 Å². The molecular weight excluding hydrogens is 474 g/mol. The molecule has 0 spiro atoms. The highest BCUT2D eigenvalue weighted by Gasteiger charge is 2.34. The SMILES string of the molecule is CCOc1ccc(C(=O)NC(=S)N2CCNC(=O)C2CC(=O)OCC(C)C)cc1Br. The Balaban J connectivity index is 2.05. The number of carbonyl (C=O) groups is 3. The van der Waals surface area contributed by atoms with Crippen LogP contribution in [0.1, 0.15) is 37.6 Å². The maximum Gasteiger partial charge on any atom is 0.308 e. The summed E-state index contributed by atoms with van der Waals surface area (Å²) in [6.07, 6.45) is -0.150. The molecule has 164 valence electrons. The van der Waals surface area contributed by atoms with Crippen LogP contribution in [0.5, 0.6) is 5.75 Å². The number of nitrogens with one attached hydrogen (secondary N) is 2. The van der Waals surface area contributed by atoms with Crippen molar-refractivity contribution in [2.45, 2.75) is 33.2 Å². The van der Waals surface area contributed by atoms with E-state index in [4.69, 9.17) is 21.7 Å². The van der Waals surface area contributed by atoms with Crippen LogP contribution in [0.15, 0.2) is 22.7 Å². The van der Waals surface area contributed by atoms with E-state index in [2.05, 4.69) is 26.6 Å². The number of thiocarbonyl (C=S) groups is 1. The van der Waals surface area contributed by atoms with Gasteiger partial charge in [-0.05, 0) is 59.2 Å². The second kappa shape index (κ2) is 11.3. The molecule has 1 unspecified atom stereocenters. The zero-order valence-electron chi connectivity index (χ0n) is 17.2. The Bertz CT molecular complexity index is 818. The highest BCUT2D eigenvalue weighted by Crippen LogP contribution is 2.26. The number of rotatable bonds is 7. The van der Waals surface area contributed by atoms with Gasteiger partial charge in [0.15, 0.2) is 5.11 Å². The van der Waals surface area contributed by atoms with Crippen molar-refractivity contribution in [3.63, 3.8) is 0 Å². The van der Waals surface area contributed by atoms with Gasteiger partial charge in [-0.25, -0.2) is 0 Å². The van der Waals surface area contributed by atoms with Crippen LogP contribution in [0.2, 0.25) is 0 Å². The molecular formula is C20H26BrN3O5S. The van der Waals surface area contributed by atoms with E-state index in [1.165, 1.54) is 0 Å². The summed E-state index contributed by atoms with van der Waals surface area (Å²) in [7, 11) is 0. The third kappa shape index (κ3) is 6.66. The summed E-state index contributed by atoms with van der Waals surface area (Å²) < 4.78 is 11.3. The van der Waals surface area contributed by atoms with E-state index in [0.717, 1.165) is 0 Å². The maximum atomic E-state index is 12.6. The molecule has 0 radical (unpaired) electrons. The summed E-state index contributed by atoms with van der Waals surface area (Å²) in [6.45, 7) is 7.25. The summed E-state index contributed by atoms with van der Waals surface area (Å²) >= 11 is 8.74. The Morgan fingerprint density at radius 1 is 1.40 bits per heavy atom. The van der Waals surface area contributed by atoms with E-state index in [9.17, 15) is 14.4 Å². The van der Waals surface area contributed by atoms with Gasteiger partial charge in [0.25, 0.3) is 5.91 Å². The zero-order valence-corrected chi connectivity index (χ0v) is 19.6. The molecule has 1 aliphatic heterocycles. The van der Waals surface area contributed by atoms with E-state index in [-0.39, 0.29) is 30.0 Å². The third-order valence-corrected chi connectivity index (χ3v) is 5.20. The first-order valence-electron chi connectivity index (χ1n) is 9.70. The number of nitrogens with zero attached hydrogens (tertiary/aromatic N) is 1. The van der Waals surface area contributed by atoms with Crippen molar-refractivity contribution >= 4 is 51.0 Å². The topological polar surface area (TPSA) is 97.0 Å². The standard InChI is InChI=1S/C20H26BrN3O5S/c1-4-28-16-6-5-13(9-14(16)21)18(26)23-20(30)24-8-7-22-19(27)15(24)10-17(25)29-11-12(2)3/h5-6,9,12,15H,4,7-8,10-11H2,1-3H3,(H,22,27)(H,23,26,30). The summed E-state index contributed by atoms with van der Waals surface area (Å²) in [5.41, 5.74) is 0.377. The van der Waals surface area contributed by atoms with E-state index < -0.39 is 17.9 Å². The highest BCUT2D eigenvalue weighted by molar-refractivity contribution is 9.10. The molecule has 10 heteroatoms. The molecule has 0 aliphatic carbocycles. The number of hydrogen-bond donors (Lipinski definition) is 2. The number of piperazine rings is 1. The fourth-order valence-electron chi connectivity index (χ4n) is 2.79.